The molecule has 0 bridgehead atoms. The summed E-state index contributed by atoms with van der Waals surface area (Å²) in [6, 6.07) is 8.08. The van der Waals surface area contributed by atoms with Gasteiger partial charge in [0.1, 0.15) is 5.82 Å². The number of benzene rings is 1. The van der Waals surface area contributed by atoms with Gasteiger partial charge in [-0.3, -0.25) is 0 Å². The Morgan fingerprint density at radius 1 is 1.35 bits per heavy atom. The maximum Gasteiger partial charge on any atom is 0.231 e. The average molecular weight is 269 g/mol. The fourth-order valence-corrected chi connectivity index (χ4v) is 2.40. The molecular weight excluding hydrogens is 254 g/mol. The third-order valence-corrected chi connectivity index (χ3v) is 3.41. The highest BCUT2D eigenvalue weighted by atomic mass is 16.7. The van der Waals surface area contributed by atoms with Crippen LogP contribution in [0.15, 0.2) is 24.4 Å². The van der Waals surface area contributed by atoms with Crippen molar-refractivity contribution in [2.45, 2.75) is 13.3 Å². The van der Waals surface area contributed by atoms with E-state index in [0.717, 1.165) is 34.6 Å². The quantitative estimate of drug-likeness (QED) is 0.854. The van der Waals surface area contributed by atoms with Crippen molar-refractivity contribution in [2.75, 3.05) is 24.8 Å². The molecular formula is C15H15N3O2. The molecule has 1 aromatic heterocycles. The topological polar surface area (TPSA) is 58.4 Å². The lowest BCUT2D eigenvalue weighted by Gasteiger charge is -2.22. The summed E-state index contributed by atoms with van der Waals surface area (Å²) in [6.07, 6.45) is 2.27. The van der Waals surface area contributed by atoms with Crippen LogP contribution in [0.4, 0.5) is 5.82 Å². The SMILES string of the molecule is CCN(CCC#N)c1nccc2cc3c(cc12)OCO3. The number of nitriles is 1. The minimum absolute atomic E-state index is 0.264. The van der Waals surface area contributed by atoms with Crippen molar-refractivity contribution in [3.8, 4) is 17.6 Å². The highest BCUT2D eigenvalue weighted by Crippen LogP contribution is 2.38. The maximum absolute atomic E-state index is 8.76. The summed E-state index contributed by atoms with van der Waals surface area (Å²) in [7, 11) is 0. The number of hydrogen-bond donors (Lipinski definition) is 0. The minimum Gasteiger partial charge on any atom is -0.454 e. The molecule has 0 atom stereocenters. The van der Waals surface area contributed by atoms with E-state index in [1.165, 1.54) is 0 Å². The van der Waals surface area contributed by atoms with Crippen molar-refractivity contribution in [3.05, 3.63) is 24.4 Å². The van der Waals surface area contributed by atoms with Gasteiger partial charge in [0, 0.05) is 24.7 Å². The Labute approximate surface area is 117 Å². The summed E-state index contributed by atoms with van der Waals surface area (Å²) >= 11 is 0. The van der Waals surface area contributed by atoms with Crippen molar-refractivity contribution in [3.63, 3.8) is 0 Å². The number of rotatable bonds is 4. The van der Waals surface area contributed by atoms with Gasteiger partial charge >= 0.3 is 0 Å². The van der Waals surface area contributed by atoms with E-state index in [1.807, 2.05) is 18.2 Å². The van der Waals surface area contributed by atoms with Crippen LogP contribution >= 0.6 is 0 Å². The van der Waals surface area contributed by atoms with E-state index in [9.17, 15) is 0 Å². The number of anilines is 1. The lowest BCUT2D eigenvalue weighted by atomic mass is 10.1. The van der Waals surface area contributed by atoms with Crippen LogP contribution in [0.2, 0.25) is 0 Å². The van der Waals surface area contributed by atoms with Crippen LogP contribution in [0, 0.1) is 11.3 Å². The molecule has 3 rings (SSSR count). The van der Waals surface area contributed by atoms with Crippen LogP contribution in [0.1, 0.15) is 13.3 Å². The molecule has 5 nitrogen and oxygen atoms in total. The van der Waals surface area contributed by atoms with E-state index >= 15 is 0 Å². The molecule has 0 unspecified atom stereocenters. The van der Waals surface area contributed by atoms with Crippen molar-refractivity contribution in [2.24, 2.45) is 0 Å². The van der Waals surface area contributed by atoms with Crippen LogP contribution in [0.3, 0.4) is 0 Å². The predicted molar refractivity (Wildman–Crippen MR) is 76.0 cm³/mol. The molecule has 0 saturated heterocycles. The second-order valence-corrected chi connectivity index (χ2v) is 4.55. The van der Waals surface area contributed by atoms with E-state index in [-0.39, 0.29) is 6.79 Å². The first-order valence-corrected chi connectivity index (χ1v) is 6.63. The molecule has 1 aromatic carbocycles. The summed E-state index contributed by atoms with van der Waals surface area (Å²) in [4.78, 5) is 6.58. The molecule has 0 radical (unpaired) electrons. The van der Waals surface area contributed by atoms with Gasteiger partial charge in [-0.05, 0) is 30.5 Å². The number of hydrogen-bond acceptors (Lipinski definition) is 5. The second kappa shape index (κ2) is 5.25. The van der Waals surface area contributed by atoms with Crippen LogP contribution in [0.5, 0.6) is 11.5 Å². The molecule has 5 heteroatoms. The third kappa shape index (κ3) is 2.10. The van der Waals surface area contributed by atoms with Gasteiger partial charge in [0.15, 0.2) is 11.5 Å². The molecule has 0 fully saturated rings. The molecule has 2 heterocycles. The van der Waals surface area contributed by atoms with Crippen LogP contribution in [-0.2, 0) is 0 Å². The summed E-state index contributed by atoms with van der Waals surface area (Å²) in [6.45, 7) is 3.81. The first-order valence-electron chi connectivity index (χ1n) is 6.63. The lowest BCUT2D eigenvalue weighted by Crippen LogP contribution is -2.24. The first-order chi connectivity index (χ1) is 9.83. The Balaban J connectivity index is 2.08. The van der Waals surface area contributed by atoms with Crippen molar-refractivity contribution < 1.29 is 9.47 Å². The van der Waals surface area contributed by atoms with Gasteiger partial charge in [0.05, 0.1) is 12.5 Å². The Morgan fingerprint density at radius 2 is 2.15 bits per heavy atom. The number of fused-ring (bicyclic) bond motifs is 2. The van der Waals surface area contributed by atoms with Crippen molar-refractivity contribution in [1.29, 1.82) is 5.26 Å². The van der Waals surface area contributed by atoms with E-state index in [2.05, 4.69) is 22.9 Å². The fraction of sp³-hybridized carbons (Fsp3) is 0.333. The highest BCUT2D eigenvalue weighted by molar-refractivity contribution is 5.94. The molecule has 2 aromatic rings. The Morgan fingerprint density at radius 3 is 2.90 bits per heavy atom. The largest absolute Gasteiger partial charge is 0.454 e. The molecule has 102 valence electrons. The Hall–Kier alpha value is -2.48. The zero-order valence-corrected chi connectivity index (χ0v) is 11.3. The zero-order valence-electron chi connectivity index (χ0n) is 11.3. The van der Waals surface area contributed by atoms with Crippen LogP contribution in [-0.4, -0.2) is 24.9 Å². The second-order valence-electron chi connectivity index (χ2n) is 4.55. The molecule has 0 saturated carbocycles. The normalized spacial score (nSPS) is 12.4. The first kappa shape index (κ1) is 12.5. The molecule has 0 spiro atoms. The van der Waals surface area contributed by atoms with E-state index in [0.29, 0.717) is 13.0 Å². The van der Waals surface area contributed by atoms with Gasteiger partial charge in [0.2, 0.25) is 6.79 Å². The molecule has 0 N–H and O–H groups in total. The zero-order chi connectivity index (χ0) is 13.9. The number of nitrogens with zero attached hydrogens (tertiary/aromatic N) is 3. The van der Waals surface area contributed by atoms with E-state index < -0.39 is 0 Å². The lowest BCUT2D eigenvalue weighted by molar-refractivity contribution is 0.174. The van der Waals surface area contributed by atoms with Crippen molar-refractivity contribution >= 4 is 16.6 Å². The Kier molecular flexibility index (Phi) is 3.30. The van der Waals surface area contributed by atoms with Gasteiger partial charge in [-0.25, -0.2) is 4.98 Å². The van der Waals surface area contributed by atoms with Gasteiger partial charge < -0.3 is 14.4 Å². The van der Waals surface area contributed by atoms with Gasteiger partial charge in [-0.1, -0.05) is 0 Å². The summed E-state index contributed by atoms with van der Waals surface area (Å²) in [5.74, 6) is 2.41. The smallest absolute Gasteiger partial charge is 0.231 e. The minimum atomic E-state index is 0.264. The number of ether oxygens (including phenoxy) is 2. The van der Waals surface area contributed by atoms with Gasteiger partial charge in [0.25, 0.3) is 0 Å². The highest BCUT2D eigenvalue weighted by Gasteiger charge is 2.17. The van der Waals surface area contributed by atoms with Crippen LogP contribution in [0.25, 0.3) is 10.8 Å². The van der Waals surface area contributed by atoms with Crippen molar-refractivity contribution in [1.82, 2.24) is 4.98 Å². The van der Waals surface area contributed by atoms with Crippen LogP contribution < -0.4 is 14.4 Å². The van der Waals surface area contributed by atoms with Gasteiger partial charge in [-0.15, -0.1) is 0 Å². The standard InChI is InChI=1S/C15H15N3O2/c1-2-18(7-3-5-16)15-12-9-14-13(19-10-20-14)8-11(12)4-6-17-15/h4,6,8-9H,2-3,7,10H2,1H3. The summed E-state index contributed by atoms with van der Waals surface area (Å²) in [5, 5.41) is 10.9. The van der Waals surface area contributed by atoms with E-state index in [4.69, 9.17) is 14.7 Å². The molecule has 20 heavy (non-hydrogen) atoms. The molecule has 1 aliphatic heterocycles. The third-order valence-electron chi connectivity index (χ3n) is 3.41. The average Bonchev–Trinajstić information content (AvgIpc) is 2.93. The van der Waals surface area contributed by atoms with E-state index in [1.54, 1.807) is 6.20 Å². The number of aromatic nitrogens is 1. The molecule has 0 amide bonds. The number of pyridine rings is 1. The molecule has 0 aliphatic carbocycles. The monoisotopic (exact) mass is 269 g/mol. The van der Waals surface area contributed by atoms with Gasteiger partial charge in [-0.2, -0.15) is 5.26 Å². The summed E-state index contributed by atoms with van der Waals surface area (Å²) in [5.41, 5.74) is 0. The Bertz CT molecular complexity index is 679. The molecule has 1 aliphatic rings. The maximum atomic E-state index is 8.76. The summed E-state index contributed by atoms with van der Waals surface area (Å²) < 4.78 is 10.8. The predicted octanol–water partition coefficient (Wildman–Crippen LogP) is 2.70. The fourth-order valence-electron chi connectivity index (χ4n) is 2.40.